The highest BCUT2D eigenvalue weighted by atomic mass is 79.9. The zero-order chi connectivity index (χ0) is 20.1. The fraction of sp³-hybridized carbons (Fsp3) is 0.238. The maximum absolute atomic E-state index is 12.6. The molecule has 5 nitrogen and oxygen atoms in total. The van der Waals surface area contributed by atoms with Gasteiger partial charge >= 0.3 is 0 Å². The zero-order valence-corrected chi connectivity index (χ0v) is 18.0. The van der Waals surface area contributed by atoms with Gasteiger partial charge in [-0.15, -0.1) is 0 Å². The summed E-state index contributed by atoms with van der Waals surface area (Å²) in [7, 11) is 0. The van der Waals surface area contributed by atoms with E-state index in [1.165, 1.54) is 0 Å². The zero-order valence-electron chi connectivity index (χ0n) is 15.7. The minimum absolute atomic E-state index is 0.147. The molecule has 0 saturated heterocycles. The number of aromatic nitrogens is 2. The fourth-order valence-electron chi connectivity index (χ4n) is 2.79. The van der Waals surface area contributed by atoms with Crippen molar-refractivity contribution in [3.05, 3.63) is 80.5 Å². The largest absolute Gasteiger partial charge is 0.487 e. The van der Waals surface area contributed by atoms with Crippen molar-refractivity contribution >= 4 is 33.4 Å². The number of hydrogen-bond acceptors (Lipinski definition) is 3. The Balaban J connectivity index is 1.64. The molecule has 0 radical (unpaired) electrons. The Labute approximate surface area is 177 Å². The highest BCUT2D eigenvalue weighted by molar-refractivity contribution is 9.10. The molecule has 0 aliphatic rings. The summed E-state index contributed by atoms with van der Waals surface area (Å²) in [6, 6.07) is 13.0. The van der Waals surface area contributed by atoms with Crippen LogP contribution in [0.25, 0.3) is 0 Å². The predicted octanol–water partition coefficient (Wildman–Crippen LogP) is 5.14. The van der Waals surface area contributed by atoms with Crippen LogP contribution in [0, 0.1) is 6.92 Å². The van der Waals surface area contributed by atoms with Crippen LogP contribution < -0.4 is 10.1 Å². The van der Waals surface area contributed by atoms with Crippen LogP contribution in [0.4, 0.5) is 0 Å². The molecule has 0 spiro atoms. The maximum atomic E-state index is 12.6. The summed E-state index contributed by atoms with van der Waals surface area (Å²) in [5.74, 6) is 0.486. The Bertz CT molecular complexity index is 988. The van der Waals surface area contributed by atoms with Gasteiger partial charge in [-0.05, 0) is 65.2 Å². The van der Waals surface area contributed by atoms with Gasteiger partial charge in [-0.25, -0.2) is 0 Å². The normalized spacial score (nSPS) is 10.7. The van der Waals surface area contributed by atoms with E-state index in [-0.39, 0.29) is 5.91 Å². The van der Waals surface area contributed by atoms with Crippen molar-refractivity contribution in [3.63, 3.8) is 0 Å². The van der Waals surface area contributed by atoms with Gasteiger partial charge in [0.25, 0.3) is 5.91 Å². The lowest BCUT2D eigenvalue weighted by atomic mass is 10.1. The van der Waals surface area contributed by atoms with Crippen molar-refractivity contribution in [2.75, 3.05) is 0 Å². The van der Waals surface area contributed by atoms with Crippen molar-refractivity contribution in [1.29, 1.82) is 0 Å². The number of nitrogens with zero attached hydrogens (tertiary/aromatic N) is 2. The highest BCUT2D eigenvalue weighted by Crippen LogP contribution is 2.26. The molecule has 0 saturated carbocycles. The number of ether oxygens (including phenoxy) is 1. The third kappa shape index (κ3) is 4.94. The molecule has 0 aliphatic heterocycles. The number of aryl methyl sites for hydroxylation is 2. The van der Waals surface area contributed by atoms with Crippen LogP contribution in [-0.2, 0) is 19.7 Å². The van der Waals surface area contributed by atoms with Crippen LogP contribution in [0.2, 0.25) is 5.02 Å². The molecule has 0 aliphatic carbocycles. The van der Waals surface area contributed by atoms with E-state index in [1.807, 2.05) is 54.9 Å². The molecule has 3 rings (SSSR count). The number of rotatable bonds is 7. The van der Waals surface area contributed by atoms with E-state index in [9.17, 15) is 4.79 Å². The molecule has 1 aromatic heterocycles. The first-order valence-corrected chi connectivity index (χ1v) is 10.1. The number of amides is 1. The molecule has 0 fully saturated rings. The van der Waals surface area contributed by atoms with Crippen molar-refractivity contribution in [2.45, 2.75) is 33.5 Å². The molecule has 1 amide bonds. The number of nitrogens with one attached hydrogen (secondary N) is 1. The van der Waals surface area contributed by atoms with Gasteiger partial charge in [0.2, 0.25) is 0 Å². The van der Waals surface area contributed by atoms with Crippen molar-refractivity contribution in [3.8, 4) is 5.75 Å². The van der Waals surface area contributed by atoms with E-state index in [2.05, 4.69) is 26.3 Å². The van der Waals surface area contributed by atoms with Gasteiger partial charge in [0.1, 0.15) is 12.4 Å². The molecule has 0 atom stereocenters. The van der Waals surface area contributed by atoms with Crippen LogP contribution in [0.15, 0.2) is 53.1 Å². The van der Waals surface area contributed by atoms with Crippen molar-refractivity contribution in [2.24, 2.45) is 0 Å². The topological polar surface area (TPSA) is 56.2 Å². The minimum Gasteiger partial charge on any atom is -0.487 e. The van der Waals surface area contributed by atoms with Gasteiger partial charge < -0.3 is 10.1 Å². The van der Waals surface area contributed by atoms with Crippen LogP contribution in [-0.4, -0.2) is 15.7 Å². The van der Waals surface area contributed by atoms with E-state index < -0.39 is 0 Å². The number of halogens is 2. The molecule has 1 N–H and O–H groups in total. The maximum Gasteiger partial charge on any atom is 0.251 e. The Kier molecular flexibility index (Phi) is 6.75. The summed E-state index contributed by atoms with van der Waals surface area (Å²) in [5, 5.41) is 7.77. The molecule has 146 valence electrons. The molecular weight excluding hydrogens is 442 g/mol. The molecule has 1 heterocycles. The van der Waals surface area contributed by atoms with Gasteiger partial charge in [-0.3, -0.25) is 9.48 Å². The quantitative estimate of drug-likeness (QED) is 0.529. The Morgan fingerprint density at radius 1 is 1.29 bits per heavy atom. The fourth-order valence-corrected chi connectivity index (χ4v) is 3.40. The van der Waals surface area contributed by atoms with Crippen molar-refractivity contribution < 1.29 is 9.53 Å². The number of benzene rings is 2. The average molecular weight is 463 g/mol. The number of hydrogen-bond donors (Lipinski definition) is 1. The highest BCUT2D eigenvalue weighted by Gasteiger charge is 2.11. The summed E-state index contributed by atoms with van der Waals surface area (Å²) in [4.78, 5) is 12.6. The first-order valence-electron chi connectivity index (χ1n) is 8.94. The predicted molar refractivity (Wildman–Crippen MR) is 114 cm³/mol. The van der Waals surface area contributed by atoms with Crippen LogP contribution >= 0.6 is 27.5 Å². The molecule has 28 heavy (non-hydrogen) atoms. The summed E-state index contributed by atoms with van der Waals surface area (Å²) in [6.45, 7) is 5.46. The van der Waals surface area contributed by atoms with Gasteiger partial charge in [0, 0.05) is 12.1 Å². The van der Waals surface area contributed by atoms with E-state index in [4.69, 9.17) is 16.3 Å². The lowest BCUT2D eigenvalue weighted by molar-refractivity contribution is 0.0949. The van der Waals surface area contributed by atoms with Gasteiger partial charge in [0.05, 0.1) is 27.9 Å². The lowest BCUT2D eigenvalue weighted by Gasteiger charge is -2.11. The van der Waals surface area contributed by atoms with Gasteiger partial charge in [-0.1, -0.05) is 29.8 Å². The average Bonchev–Trinajstić information content (AvgIpc) is 3.06. The Hall–Kier alpha value is -2.31. The summed E-state index contributed by atoms with van der Waals surface area (Å²) >= 11 is 9.64. The van der Waals surface area contributed by atoms with Gasteiger partial charge in [-0.2, -0.15) is 5.10 Å². The monoisotopic (exact) mass is 461 g/mol. The Morgan fingerprint density at radius 2 is 2.11 bits per heavy atom. The first-order chi connectivity index (χ1) is 13.5. The molecule has 7 heteroatoms. The van der Waals surface area contributed by atoms with Crippen LogP contribution in [0.3, 0.4) is 0 Å². The standard InChI is InChI=1S/C21H21BrClN3O2/c1-3-26-19(17(22)11-25-26)12-24-21(27)16-6-4-5-15(10-16)13-28-20-9-14(2)7-8-18(20)23/h4-11H,3,12-13H2,1-2H3,(H,24,27). The number of carbonyl (C=O) groups excluding carboxylic acids is 1. The van der Waals surface area contributed by atoms with E-state index in [0.29, 0.717) is 29.5 Å². The molecule has 0 bridgehead atoms. The van der Waals surface area contributed by atoms with Crippen molar-refractivity contribution in [1.82, 2.24) is 15.1 Å². The summed E-state index contributed by atoms with van der Waals surface area (Å²) in [5.41, 5.74) is 3.48. The van der Waals surface area contributed by atoms with Crippen LogP contribution in [0.5, 0.6) is 5.75 Å². The second-order valence-corrected chi connectivity index (χ2v) is 7.62. The molecule has 3 aromatic rings. The SMILES string of the molecule is CCn1ncc(Br)c1CNC(=O)c1cccc(COc2cc(C)ccc2Cl)c1. The Morgan fingerprint density at radius 3 is 2.89 bits per heavy atom. The first kappa shape index (κ1) is 20.4. The summed E-state index contributed by atoms with van der Waals surface area (Å²) in [6.07, 6.45) is 1.74. The van der Waals surface area contributed by atoms with E-state index in [1.54, 1.807) is 12.3 Å². The molecular formula is C21H21BrClN3O2. The molecule has 0 unspecified atom stereocenters. The second kappa shape index (κ2) is 9.26. The van der Waals surface area contributed by atoms with E-state index in [0.717, 1.165) is 27.8 Å². The second-order valence-electron chi connectivity index (χ2n) is 6.36. The van der Waals surface area contributed by atoms with E-state index >= 15 is 0 Å². The smallest absolute Gasteiger partial charge is 0.251 e. The molecule has 2 aromatic carbocycles. The van der Waals surface area contributed by atoms with Gasteiger partial charge in [0.15, 0.2) is 0 Å². The minimum atomic E-state index is -0.147. The number of carbonyl (C=O) groups is 1. The third-order valence-electron chi connectivity index (χ3n) is 4.28. The van der Waals surface area contributed by atoms with Crippen LogP contribution in [0.1, 0.15) is 34.1 Å². The lowest BCUT2D eigenvalue weighted by Crippen LogP contribution is -2.24. The summed E-state index contributed by atoms with van der Waals surface area (Å²) < 4.78 is 8.55. The third-order valence-corrected chi connectivity index (χ3v) is 5.26.